The Morgan fingerprint density at radius 2 is 1.97 bits per heavy atom. The fourth-order valence-electron chi connectivity index (χ4n) is 3.29. The molecule has 0 amide bonds. The second-order valence-electron chi connectivity index (χ2n) is 6.34. The number of methoxy groups -OCH3 is 1. The number of carboxylic acids is 1. The molecule has 3 N–H and O–H groups in total. The van der Waals surface area contributed by atoms with Crippen LogP contribution in [0.25, 0.3) is 33.3 Å². The van der Waals surface area contributed by atoms with Crippen LogP contribution in [-0.2, 0) is 0 Å². The number of para-hydroxylation sites is 1. The number of benzene rings is 2. The molecular weight excluding hydrogens is 501 g/mol. The maximum absolute atomic E-state index is 11.5. The second kappa shape index (κ2) is 7.96. The summed E-state index contributed by atoms with van der Waals surface area (Å²) in [6.07, 6.45) is 3.77. The third kappa shape index (κ3) is 3.53. The first kappa shape index (κ1) is 19.6. The van der Waals surface area contributed by atoms with Crippen LogP contribution in [0.4, 0.5) is 5.69 Å². The van der Waals surface area contributed by atoms with Crippen LogP contribution in [0.2, 0.25) is 0 Å². The van der Waals surface area contributed by atoms with Crippen molar-refractivity contribution in [2.24, 2.45) is 0 Å². The van der Waals surface area contributed by atoms with Crippen molar-refractivity contribution in [2.45, 2.75) is 0 Å². The van der Waals surface area contributed by atoms with Gasteiger partial charge in [-0.1, -0.05) is 24.3 Å². The van der Waals surface area contributed by atoms with E-state index in [1.54, 1.807) is 31.5 Å². The smallest absolute Gasteiger partial charge is 0.337 e. The highest BCUT2D eigenvalue weighted by atomic mass is 127. The van der Waals surface area contributed by atoms with E-state index in [0.717, 1.165) is 39.0 Å². The Morgan fingerprint density at radius 1 is 1.17 bits per heavy atom. The van der Waals surface area contributed by atoms with Crippen LogP contribution in [-0.4, -0.2) is 27.1 Å². The maximum Gasteiger partial charge on any atom is 0.337 e. The van der Waals surface area contributed by atoms with Crippen molar-refractivity contribution in [3.8, 4) is 28.0 Å². The fraction of sp³-hybridized carbons (Fsp3) is 0.0476. The van der Waals surface area contributed by atoms with E-state index in [1.165, 1.54) is 9.12 Å². The minimum Gasteiger partial charge on any atom is -0.496 e. The van der Waals surface area contributed by atoms with Gasteiger partial charge in [-0.2, -0.15) is 0 Å². The van der Waals surface area contributed by atoms with Crippen molar-refractivity contribution in [1.82, 2.24) is 8.96 Å². The standard InChI is InChI=1S/C21H16IN3O3S/c1-28-19-5-3-2-4-14(19)17-11-25(29-22)20-15(17)9-13(10-24-20)12-6-7-18(23)16(8-12)21(26)27/h2-11H,23H2,1H3,(H,26,27). The number of rotatable bonds is 5. The molecular formula is C21H16IN3O3S. The largest absolute Gasteiger partial charge is 0.496 e. The Balaban J connectivity index is 1.94. The molecule has 0 saturated carbocycles. The molecule has 4 rings (SSSR count). The molecule has 0 radical (unpaired) electrons. The number of carbonyl (C=O) groups is 1. The zero-order chi connectivity index (χ0) is 20.5. The fourth-order valence-corrected chi connectivity index (χ4v) is 4.55. The Bertz CT molecular complexity index is 1240. The summed E-state index contributed by atoms with van der Waals surface area (Å²) >= 11 is 2.22. The lowest BCUT2D eigenvalue weighted by molar-refractivity contribution is 0.0698. The van der Waals surface area contributed by atoms with Gasteiger partial charge in [-0.3, -0.25) is 3.97 Å². The molecule has 2 heterocycles. The van der Waals surface area contributed by atoms with E-state index in [1.807, 2.05) is 40.5 Å². The summed E-state index contributed by atoms with van der Waals surface area (Å²) in [5.74, 6) is -0.281. The van der Waals surface area contributed by atoms with Crippen LogP contribution >= 0.6 is 30.3 Å². The van der Waals surface area contributed by atoms with Crippen LogP contribution in [0.5, 0.6) is 5.75 Å². The minimum absolute atomic E-state index is 0.0768. The van der Waals surface area contributed by atoms with Gasteiger partial charge in [0.1, 0.15) is 5.75 Å². The van der Waals surface area contributed by atoms with Crippen molar-refractivity contribution in [3.05, 3.63) is 66.5 Å². The average molecular weight is 517 g/mol. The van der Waals surface area contributed by atoms with E-state index < -0.39 is 5.97 Å². The molecule has 0 saturated heterocycles. The number of anilines is 1. The molecule has 0 aliphatic rings. The van der Waals surface area contributed by atoms with E-state index in [-0.39, 0.29) is 11.3 Å². The molecule has 0 aliphatic carbocycles. The number of ether oxygens (including phenoxy) is 1. The van der Waals surface area contributed by atoms with Crippen molar-refractivity contribution < 1.29 is 14.6 Å². The van der Waals surface area contributed by atoms with E-state index in [4.69, 9.17) is 10.5 Å². The first-order valence-corrected chi connectivity index (χ1v) is 11.9. The van der Waals surface area contributed by atoms with Gasteiger partial charge in [0.25, 0.3) is 0 Å². The number of hydrogen-bond acceptors (Lipinski definition) is 5. The second-order valence-corrected chi connectivity index (χ2v) is 8.05. The summed E-state index contributed by atoms with van der Waals surface area (Å²) in [7, 11) is 3.18. The number of nitrogen functional groups attached to an aromatic ring is 1. The van der Waals surface area contributed by atoms with Gasteiger partial charge < -0.3 is 15.6 Å². The molecule has 0 fully saturated rings. The quantitative estimate of drug-likeness (QED) is 0.268. The highest BCUT2D eigenvalue weighted by molar-refractivity contribution is 14.2. The van der Waals surface area contributed by atoms with Crippen molar-refractivity contribution in [1.29, 1.82) is 0 Å². The summed E-state index contributed by atoms with van der Waals surface area (Å²) < 4.78 is 7.54. The lowest BCUT2D eigenvalue weighted by Gasteiger charge is -2.08. The Kier molecular flexibility index (Phi) is 5.37. The molecule has 0 aliphatic heterocycles. The monoisotopic (exact) mass is 517 g/mol. The molecule has 0 unspecified atom stereocenters. The van der Waals surface area contributed by atoms with Crippen LogP contribution in [0.15, 0.2) is 60.9 Å². The van der Waals surface area contributed by atoms with Crippen LogP contribution in [0, 0.1) is 0 Å². The summed E-state index contributed by atoms with van der Waals surface area (Å²) in [5.41, 5.74) is 10.4. The molecule has 2 aromatic carbocycles. The normalized spacial score (nSPS) is 11.0. The van der Waals surface area contributed by atoms with Gasteiger partial charge in [-0.25, -0.2) is 9.78 Å². The molecule has 0 atom stereocenters. The van der Waals surface area contributed by atoms with E-state index in [9.17, 15) is 9.90 Å². The predicted octanol–water partition coefficient (Wildman–Crippen LogP) is 5.51. The molecule has 8 heteroatoms. The molecule has 146 valence electrons. The third-order valence-corrected chi connectivity index (χ3v) is 6.40. The van der Waals surface area contributed by atoms with Gasteiger partial charge in [-0.15, -0.1) is 0 Å². The van der Waals surface area contributed by atoms with Gasteiger partial charge in [0.15, 0.2) is 5.65 Å². The lowest BCUT2D eigenvalue weighted by atomic mass is 10.00. The summed E-state index contributed by atoms with van der Waals surface area (Å²) in [5, 5.41) is 10.3. The Hall–Kier alpha value is -2.72. The number of halogens is 1. The summed E-state index contributed by atoms with van der Waals surface area (Å²) in [6, 6.07) is 14.8. The Labute approximate surface area is 183 Å². The zero-order valence-corrected chi connectivity index (χ0v) is 18.3. The van der Waals surface area contributed by atoms with Gasteiger partial charge in [0.05, 0.1) is 12.7 Å². The van der Waals surface area contributed by atoms with Crippen LogP contribution in [0.1, 0.15) is 10.4 Å². The van der Waals surface area contributed by atoms with Gasteiger partial charge in [0.2, 0.25) is 0 Å². The van der Waals surface area contributed by atoms with Crippen molar-refractivity contribution >= 4 is 53.0 Å². The van der Waals surface area contributed by atoms with E-state index in [0.29, 0.717) is 0 Å². The molecule has 6 nitrogen and oxygen atoms in total. The lowest BCUT2D eigenvalue weighted by Crippen LogP contribution is -2.02. The molecule has 4 aromatic rings. The SMILES string of the molecule is COc1ccccc1-c1cn(SI)c2ncc(-c3ccc(N)c(C(=O)O)c3)cc12. The van der Waals surface area contributed by atoms with Crippen LogP contribution in [0.3, 0.4) is 0 Å². The zero-order valence-electron chi connectivity index (χ0n) is 15.3. The third-order valence-electron chi connectivity index (χ3n) is 4.70. The summed E-state index contributed by atoms with van der Waals surface area (Å²) in [4.78, 5) is 16.1. The molecule has 0 spiro atoms. The highest BCUT2D eigenvalue weighted by Crippen LogP contribution is 2.39. The Morgan fingerprint density at radius 3 is 2.69 bits per heavy atom. The van der Waals surface area contributed by atoms with Gasteiger partial charge in [0, 0.05) is 70.5 Å². The van der Waals surface area contributed by atoms with E-state index in [2.05, 4.69) is 26.2 Å². The number of aromatic nitrogens is 2. The van der Waals surface area contributed by atoms with Gasteiger partial charge >= 0.3 is 5.97 Å². The molecule has 2 aromatic heterocycles. The number of pyridine rings is 1. The number of fused-ring (bicyclic) bond motifs is 1. The number of nitrogens with zero attached hydrogens (tertiary/aromatic N) is 2. The number of hydrogen-bond donors (Lipinski definition) is 2. The van der Waals surface area contributed by atoms with Crippen molar-refractivity contribution in [3.63, 3.8) is 0 Å². The summed E-state index contributed by atoms with van der Waals surface area (Å²) in [6.45, 7) is 0. The number of aromatic carboxylic acids is 1. The van der Waals surface area contributed by atoms with Gasteiger partial charge in [-0.05, 0) is 29.8 Å². The first-order valence-electron chi connectivity index (χ1n) is 8.60. The highest BCUT2D eigenvalue weighted by Gasteiger charge is 2.17. The predicted molar refractivity (Wildman–Crippen MR) is 126 cm³/mol. The first-order chi connectivity index (χ1) is 14.0. The topological polar surface area (TPSA) is 90.4 Å². The maximum atomic E-state index is 11.5. The number of nitrogens with two attached hydrogens (primary N) is 1. The van der Waals surface area contributed by atoms with Crippen LogP contribution < -0.4 is 10.5 Å². The van der Waals surface area contributed by atoms with Crippen molar-refractivity contribution in [2.75, 3.05) is 12.8 Å². The molecule has 29 heavy (non-hydrogen) atoms. The average Bonchev–Trinajstić information content (AvgIpc) is 3.11. The molecule has 0 bridgehead atoms. The number of carboxylic acid groups (broad SMARTS) is 1. The van der Waals surface area contributed by atoms with E-state index >= 15 is 0 Å². The minimum atomic E-state index is -1.06.